The van der Waals surface area contributed by atoms with Crippen molar-refractivity contribution in [2.24, 2.45) is 10.4 Å². The fraction of sp³-hybridized carbons (Fsp3) is 0.750. The number of thiophene rings is 1. The van der Waals surface area contributed by atoms with Gasteiger partial charge in [0.1, 0.15) is 0 Å². The van der Waals surface area contributed by atoms with Crippen LogP contribution in [-0.2, 0) is 13.0 Å². The molecule has 0 bridgehead atoms. The van der Waals surface area contributed by atoms with Gasteiger partial charge >= 0.3 is 0 Å². The summed E-state index contributed by atoms with van der Waals surface area (Å²) in [6.07, 6.45) is 8.27. The predicted octanol–water partition coefficient (Wildman–Crippen LogP) is 3.34. The van der Waals surface area contributed by atoms with Crippen molar-refractivity contribution in [2.75, 3.05) is 33.2 Å². The van der Waals surface area contributed by atoms with Crippen LogP contribution >= 0.6 is 11.3 Å². The lowest BCUT2D eigenvalue weighted by Crippen LogP contribution is -2.48. The van der Waals surface area contributed by atoms with Crippen LogP contribution in [0.5, 0.6) is 0 Å². The molecule has 1 aromatic heterocycles. The van der Waals surface area contributed by atoms with Crippen LogP contribution in [-0.4, -0.2) is 55.0 Å². The smallest absolute Gasteiger partial charge is 0.193 e. The van der Waals surface area contributed by atoms with Crippen LogP contribution < -0.4 is 5.32 Å². The van der Waals surface area contributed by atoms with Crippen molar-refractivity contribution < 1.29 is 0 Å². The van der Waals surface area contributed by atoms with Gasteiger partial charge in [-0.1, -0.05) is 12.8 Å². The van der Waals surface area contributed by atoms with Crippen molar-refractivity contribution in [1.29, 1.82) is 0 Å². The average Bonchev–Trinajstić information content (AvgIpc) is 3.37. The topological polar surface area (TPSA) is 30.9 Å². The molecule has 25 heavy (non-hydrogen) atoms. The first-order chi connectivity index (χ1) is 12.2. The largest absolute Gasteiger partial charge is 0.355 e. The zero-order valence-electron chi connectivity index (χ0n) is 15.8. The van der Waals surface area contributed by atoms with E-state index in [1.807, 2.05) is 18.4 Å². The number of nitrogens with zero attached hydrogens (tertiary/aromatic N) is 3. The van der Waals surface area contributed by atoms with Crippen molar-refractivity contribution in [3.8, 4) is 0 Å². The SMILES string of the molecule is CN=C(NCC(C)N1CCc2sccc2C1)N1CCC2(CCCC2)C1. The van der Waals surface area contributed by atoms with Gasteiger partial charge in [0.05, 0.1) is 0 Å². The average molecular weight is 361 g/mol. The van der Waals surface area contributed by atoms with Crippen LogP contribution in [0.25, 0.3) is 0 Å². The molecule has 1 aliphatic carbocycles. The second-order valence-corrected chi connectivity index (χ2v) is 9.25. The second-order valence-electron chi connectivity index (χ2n) is 8.25. The van der Waals surface area contributed by atoms with Crippen molar-refractivity contribution >= 4 is 17.3 Å². The maximum absolute atomic E-state index is 4.58. The van der Waals surface area contributed by atoms with E-state index in [0.29, 0.717) is 11.5 Å². The Hall–Kier alpha value is -1.07. The molecule has 1 N–H and O–H groups in total. The Labute approximate surface area is 156 Å². The number of hydrogen-bond acceptors (Lipinski definition) is 3. The first-order valence-electron chi connectivity index (χ1n) is 9.94. The lowest BCUT2D eigenvalue weighted by molar-refractivity contribution is 0.191. The molecule has 0 radical (unpaired) electrons. The van der Waals surface area contributed by atoms with Gasteiger partial charge < -0.3 is 10.2 Å². The summed E-state index contributed by atoms with van der Waals surface area (Å²) in [4.78, 5) is 11.3. The number of likely N-dealkylation sites (tertiary alicyclic amines) is 1. The van der Waals surface area contributed by atoms with Gasteiger partial charge in [0.15, 0.2) is 5.96 Å². The number of rotatable bonds is 3. The Kier molecular flexibility index (Phi) is 5.05. The first-order valence-corrected chi connectivity index (χ1v) is 10.8. The van der Waals surface area contributed by atoms with E-state index in [4.69, 9.17) is 0 Å². The minimum Gasteiger partial charge on any atom is -0.355 e. The molecular weight excluding hydrogens is 328 g/mol. The number of guanidine groups is 1. The fourth-order valence-electron chi connectivity index (χ4n) is 5.00. The summed E-state index contributed by atoms with van der Waals surface area (Å²) in [5.41, 5.74) is 2.14. The van der Waals surface area contributed by atoms with Gasteiger partial charge in [-0.2, -0.15) is 0 Å². The maximum Gasteiger partial charge on any atom is 0.193 e. The first kappa shape index (κ1) is 17.3. The third kappa shape index (κ3) is 3.59. The van der Waals surface area contributed by atoms with Crippen molar-refractivity contribution in [3.05, 3.63) is 21.9 Å². The summed E-state index contributed by atoms with van der Waals surface area (Å²) in [7, 11) is 1.94. The molecule has 138 valence electrons. The summed E-state index contributed by atoms with van der Waals surface area (Å²) in [5, 5.41) is 5.91. The fourth-order valence-corrected chi connectivity index (χ4v) is 5.89. The normalized spacial score (nSPS) is 24.7. The Bertz CT molecular complexity index is 617. The van der Waals surface area contributed by atoms with Crippen molar-refractivity contribution in [2.45, 2.75) is 58.0 Å². The number of aliphatic imine (C=N–C) groups is 1. The van der Waals surface area contributed by atoms with E-state index in [9.17, 15) is 0 Å². The van der Waals surface area contributed by atoms with Crippen LogP contribution in [0.2, 0.25) is 0 Å². The lowest BCUT2D eigenvalue weighted by Gasteiger charge is -2.33. The van der Waals surface area contributed by atoms with Gasteiger partial charge in [-0.25, -0.2) is 0 Å². The summed E-state index contributed by atoms with van der Waals surface area (Å²) >= 11 is 1.92. The van der Waals surface area contributed by atoms with Crippen LogP contribution in [0.15, 0.2) is 16.4 Å². The molecule has 3 heterocycles. The third-order valence-corrected chi connectivity index (χ3v) is 7.65. The number of hydrogen-bond donors (Lipinski definition) is 1. The molecule has 3 aliphatic rings. The van der Waals surface area contributed by atoms with E-state index in [0.717, 1.165) is 19.0 Å². The molecule has 2 aliphatic heterocycles. The summed E-state index contributed by atoms with van der Waals surface area (Å²) in [6.45, 7) is 8.00. The van der Waals surface area contributed by atoms with Gasteiger partial charge in [-0.15, -0.1) is 11.3 Å². The third-order valence-electron chi connectivity index (χ3n) is 6.63. The summed E-state index contributed by atoms with van der Waals surface area (Å²) < 4.78 is 0. The quantitative estimate of drug-likeness (QED) is 0.662. The van der Waals surface area contributed by atoms with Crippen LogP contribution in [0, 0.1) is 5.41 Å². The van der Waals surface area contributed by atoms with Crippen LogP contribution in [0.4, 0.5) is 0 Å². The number of nitrogens with one attached hydrogen (secondary N) is 1. The highest BCUT2D eigenvalue weighted by atomic mass is 32.1. The van der Waals surface area contributed by atoms with E-state index >= 15 is 0 Å². The van der Waals surface area contributed by atoms with E-state index in [2.05, 4.69) is 38.5 Å². The van der Waals surface area contributed by atoms with Gasteiger partial charge in [0.2, 0.25) is 0 Å². The highest BCUT2D eigenvalue weighted by Gasteiger charge is 2.41. The van der Waals surface area contributed by atoms with Crippen molar-refractivity contribution in [3.63, 3.8) is 0 Å². The Morgan fingerprint density at radius 1 is 1.32 bits per heavy atom. The Morgan fingerprint density at radius 2 is 2.16 bits per heavy atom. The van der Waals surface area contributed by atoms with E-state index in [1.54, 1.807) is 4.88 Å². The molecule has 2 fully saturated rings. The standard InChI is InChI=1S/C20H32N4S/c1-16(23-10-5-18-17(14-23)6-12-25-18)13-22-19(21-2)24-11-9-20(15-24)7-3-4-8-20/h6,12,16H,3-5,7-11,13-15H2,1-2H3,(H,21,22). The van der Waals surface area contributed by atoms with Gasteiger partial charge in [-0.05, 0) is 55.0 Å². The van der Waals surface area contributed by atoms with Crippen LogP contribution in [0.1, 0.15) is 49.5 Å². The minimum absolute atomic E-state index is 0.535. The second kappa shape index (κ2) is 7.28. The zero-order valence-corrected chi connectivity index (χ0v) is 16.6. The molecule has 0 amide bonds. The minimum atomic E-state index is 0.535. The Morgan fingerprint density at radius 3 is 2.96 bits per heavy atom. The van der Waals surface area contributed by atoms with E-state index in [1.165, 1.54) is 63.7 Å². The molecule has 4 nitrogen and oxygen atoms in total. The highest BCUT2D eigenvalue weighted by molar-refractivity contribution is 7.10. The molecule has 1 saturated heterocycles. The Balaban J connectivity index is 1.29. The molecule has 1 saturated carbocycles. The summed E-state index contributed by atoms with van der Waals surface area (Å²) in [6, 6.07) is 2.84. The van der Waals surface area contributed by atoms with Gasteiger partial charge in [-0.3, -0.25) is 9.89 Å². The molecule has 1 unspecified atom stereocenters. The molecule has 4 rings (SSSR count). The predicted molar refractivity (Wildman–Crippen MR) is 106 cm³/mol. The maximum atomic E-state index is 4.58. The molecule has 0 aromatic carbocycles. The van der Waals surface area contributed by atoms with E-state index < -0.39 is 0 Å². The summed E-state index contributed by atoms with van der Waals surface area (Å²) in [5.74, 6) is 1.11. The number of fused-ring (bicyclic) bond motifs is 1. The van der Waals surface area contributed by atoms with Gasteiger partial charge in [0, 0.05) is 50.7 Å². The molecule has 1 spiro atoms. The van der Waals surface area contributed by atoms with E-state index in [-0.39, 0.29) is 0 Å². The zero-order chi connectivity index (χ0) is 17.3. The van der Waals surface area contributed by atoms with Crippen molar-refractivity contribution in [1.82, 2.24) is 15.1 Å². The van der Waals surface area contributed by atoms with Crippen LogP contribution in [0.3, 0.4) is 0 Å². The van der Waals surface area contributed by atoms with Gasteiger partial charge in [0.25, 0.3) is 0 Å². The molecular formula is C20H32N4S. The monoisotopic (exact) mass is 360 g/mol. The molecule has 5 heteroatoms. The molecule has 1 atom stereocenters. The highest BCUT2D eigenvalue weighted by Crippen LogP contribution is 2.45. The lowest BCUT2D eigenvalue weighted by atomic mass is 9.86. The molecule has 1 aromatic rings.